The summed E-state index contributed by atoms with van der Waals surface area (Å²) in [5.41, 5.74) is -0.819. The summed E-state index contributed by atoms with van der Waals surface area (Å²) in [5.74, 6) is -0.752. The number of anilines is 1. The van der Waals surface area contributed by atoms with Gasteiger partial charge >= 0.3 is 0 Å². The zero-order valence-corrected chi connectivity index (χ0v) is 15.7. The third-order valence-electron chi connectivity index (χ3n) is 5.73. The van der Waals surface area contributed by atoms with Crippen LogP contribution in [-0.2, 0) is 14.4 Å². The van der Waals surface area contributed by atoms with Crippen LogP contribution in [0, 0.1) is 23.2 Å². The fourth-order valence-electron chi connectivity index (χ4n) is 4.67. The SMILES string of the molecule is Cc1c(Cl)cccc1NC(=O)C1(C)CC2(C)CC(C)(C1)C(=O)NC2=O. The molecule has 2 bridgehead atoms. The van der Waals surface area contributed by atoms with Gasteiger partial charge in [-0.15, -0.1) is 0 Å². The second kappa shape index (κ2) is 5.56. The summed E-state index contributed by atoms with van der Waals surface area (Å²) in [6.07, 6.45) is 1.28. The lowest BCUT2D eigenvalue weighted by atomic mass is 9.52. The van der Waals surface area contributed by atoms with Crippen molar-refractivity contribution in [1.82, 2.24) is 5.32 Å². The van der Waals surface area contributed by atoms with Gasteiger partial charge in [-0.05, 0) is 43.9 Å². The fraction of sp³-hybridized carbons (Fsp3) is 0.526. The van der Waals surface area contributed by atoms with Gasteiger partial charge in [0.1, 0.15) is 0 Å². The lowest BCUT2D eigenvalue weighted by Crippen LogP contribution is -2.63. The van der Waals surface area contributed by atoms with Crippen molar-refractivity contribution < 1.29 is 14.4 Å². The van der Waals surface area contributed by atoms with E-state index in [0.29, 0.717) is 30.0 Å². The van der Waals surface area contributed by atoms with E-state index >= 15 is 0 Å². The van der Waals surface area contributed by atoms with Gasteiger partial charge in [-0.1, -0.05) is 38.4 Å². The van der Waals surface area contributed by atoms with Crippen LogP contribution in [0.3, 0.4) is 0 Å². The van der Waals surface area contributed by atoms with Crippen molar-refractivity contribution >= 4 is 35.0 Å². The van der Waals surface area contributed by atoms with Crippen LogP contribution >= 0.6 is 11.6 Å². The minimum atomic E-state index is -0.816. The van der Waals surface area contributed by atoms with Crippen molar-refractivity contribution in [3.63, 3.8) is 0 Å². The van der Waals surface area contributed by atoms with Crippen molar-refractivity contribution in [2.45, 2.75) is 47.0 Å². The molecule has 1 saturated carbocycles. The quantitative estimate of drug-likeness (QED) is 0.791. The molecule has 3 rings (SSSR count). The molecule has 0 aromatic heterocycles. The first-order valence-electron chi connectivity index (χ1n) is 8.42. The molecule has 1 saturated heterocycles. The van der Waals surface area contributed by atoms with E-state index in [1.54, 1.807) is 18.2 Å². The third-order valence-corrected chi connectivity index (χ3v) is 6.14. The highest BCUT2D eigenvalue weighted by Gasteiger charge is 2.60. The minimum absolute atomic E-state index is 0.183. The number of fused-ring (bicyclic) bond motifs is 2. The van der Waals surface area contributed by atoms with Gasteiger partial charge in [0.15, 0.2) is 0 Å². The molecule has 1 aromatic carbocycles. The molecule has 2 aliphatic rings. The molecule has 6 heteroatoms. The van der Waals surface area contributed by atoms with Crippen molar-refractivity contribution in [2.75, 3.05) is 5.32 Å². The van der Waals surface area contributed by atoms with Crippen LogP contribution in [0.15, 0.2) is 18.2 Å². The normalized spacial score (nSPS) is 34.4. The number of halogens is 1. The average molecular weight is 363 g/mol. The molecular weight excluding hydrogens is 340 g/mol. The maximum atomic E-state index is 13.1. The predicted molar refractivity (Wildman–Crippen MR) is 96.1 cm³/mol. The monoisotopic (exact) mass is 362 g/mol. The van der Waals surface area contributed by atoms with E-state index in [9.17, 15) is 14.4 Å². The van der Waals surface area contributed by atoms with Gasteiger partial charge in [0, 0.05) is 27.0 Å². The fourth-order valence-corrected chi connectivity index (χ4v) is 4.85. The highest BCUT2D eigenvalue weighted by atomic mass is 35.5. The molecule has 2 fully saturated rings. The van der Waals surface area contributed by atoms with E-state index in [2.05, 4.69) is 10.6 Å². The van der Waals surface area contributed by atoms with E-state index in [1.165, 1.54) is 0 Å². The molecule has 2 unspecified atom stereocenters. The molecule has 0 radical (unpaired) electrons. The second-order valence-corrected chi connectivity index (χ2v) is 8.77. The van der Waals surface area contributed by atoms with Gasteiger partial charge in [-0.2, -0.15) is 0 Å². The Bertz CT molecular complexity index is 763. The number of carbonyl (C=O) groups is 3. The van der Waals surface area contributed by atoms with E-state index in [0.717, 1.165) is 5.56 Å². The molecule has 134 valence electrons. The second-order valence-electron chi connectivity index (χ2n) is 8.36. The number of piperidine rings is 1. The van der Waals surface area contributed by atoms with Crippen molar-refractivity contribution in [2.24, 2.45) is 16.2 Å². The van der Waals surface area contributed by atoms with Crippen LogP contribution in [0.2, 0.25) is 5.02 Å². The number of rotatable bonds is 2. The standard InChI is InChI=1S/C19H23ClN2O3/c1-11-12(20)6-5-7-13(11)21-14(23)17(2)8-18(3)10-19(4,9-17)16(25)22-15(18)24/h5-7H,8-10H2,1-4H3,(H,21,23)(H,22,24,25). The third kappa shape index (κ3) is 2.84. The Labute approximate surface area is 152 Å². The Morgan fingerprint density at radius 1 is 1.08 bits per heavy atom. The number of nitrogens with one attached hydrogen (secondary N) is 2. The van der Waals surface area contributed by atoms with Crippen molar-refractivity contribution in [3.05, 3.63) is 28.8 Å². The van der Waals surface area contributed by atoms with Crippen LogP contribution < -0.4 is 10.6 Å². The summed E-state index contributed by atoms with van der Waals surface area (Å²) in [5, 5.41) is 6.01. The summed E-state index contributed by atoms with van der Waals surface area (Å²) < 4.78 is 0. The zero-order chi connectivity index (χ0) is 18.6. The van der Waals surface area contributed by atoms with Gasteiger partial charge in [0.2, 0.25) is 17.7 Å². The molecule has 2 N–H and O–H groups in total. The maximum Gasteiger partial charge on any atom is 0.232 e. The molecule has 1 aliphatic carbocycles. The molecular formula is C19H23ClN2O3. The lowest BCUT2D eigenvalue weighted by molar-refractivity contribution is -0.163. The average Bonchev–Trinajstić information content (AvgIpc) is 2.49. The lowest BCUT2D eigenvalue weighted by Gasteiger charge is -2.53. The largest absolute Gasteiger partial charge is 0.325 e. The smallest absolute Gasteiger partial charge is 0.232 e. The van der Waals surface area contributed by atoms with Gasteiger partial charge < -0.3 is 5.32 Å². The molecule has 5 nitrogen and oxygen atoms in total. The van der Waals surface area contributed by atoms with Crippen LogP contribution in [0.4, 0.5) is 5.69 Å². The Balaban J connectivity index is 1.93. The summed E-state index contributed by atoms with van der Waals surface area (Å²) in [4.78, 5) is 37.8. The van der Waals surface area contributed by atoms with Crippen LogP contribution in [-0.4, -0.2) is 17.7 Å². The highest BCUT2D eigenvalue weighted by Crippen LogP contribution is 2.56. The number of hydrogen-bond acceptors (Lipinski definition) is 3. The van der Waals surface area contributed by atoms with Crippen LogP contribution in [0.1, 0.15) is 45.6 Å². The Kier molecular flexibility index (Phi) is 3.99. The first kappa shape index (κ1) is 17.9. The van der Waals surface area contributed by atoms with Gasteiger partial charge in [0.25, 0.3) is 0 Å². The minimum Gasteiger partial charge on any atom is -0.325 e. The first-order valence-corrected chi connectivity index (χ1v) is 8.79. The number of hydrogen-bond donors (Lipinski definition) is 2. The van der Waals surface area contributed by atoms with Gasteiger partial charge in [-0.3, -0.25) is 19.7 Å². The summed E-state index contributed by atoms with van der Waals surface area (Å²) in [6, 6.07) is 5.35. The summed E-state index contributed by atoms with van der Waals surface area (Å²) >= 11 is 6.13. The Morgan fingerprint density at radius 3 is 2.20 bits per heavy atom. The molecule has 1 heterocycles. The highest BCUT2D eigenvalue weighted by molar-refractivity contribution is 6.31. The van der Waals surface area contributed by atoms with E-state index in [1.807, 2.05) is 27.7 Å². The molecule has 3 amide bonds. The van der Waals surface area contributed by atoms with E-state index in [4.69, 9.17) is 11.6 Å². The summed E-state index contributed by atoms with van der Waals surface area (Å²) in [7, 11) is 0. The molecule has 25 heavy (non-hydrogen) atoms. The molecule has 0 spiro atoms. The molecule has 1 aliphatic heterocycles. The van der Waals surface area contributed by atoms with Crippen LogP contribution in [0.25, 0.3) is 0 Å². The molecule has 1 aromatic rings. The van der Waals surface area contributed by atoms with Crippen molar-refractivity contribution in [1.29, 1.82) is 0 Å². The van der Waals surface area contributed by atoms with Gasteiger partial charge in [-0.25, -0.2) is 0 Å². The van der Waals surface area contributed by atoms with E-state index < -0.39 is 16.2 Å². The topological polar surface area (TPSA) is 75.3 Å². The predicted octanol–water partition coefficient (Wildman–Crippen LogP) is 3.45. The number of imide groups is 1. The summed E-state index contributed by atoms with van der Waals surface area (Å²) in [6.45, 7) is 7.35. The van der Waals surface area contributed by atoms with Gasteiger partial charge in [0.05, 0.1) is 0 Å². The van der Waals surface area contributed by atoms with Crippen molar-refractivity contribution in [3.8, 4) is 0 Å². The Hall–Kier alpha value is -1.88. The maximum absolute atomic E-state index is 13.1. The first-order chi connectivity index (χ1) is 11.5. The number of carbonyl (C=O) groups excluding carboxylic acids is 3. The van der Waals surface area contributed by atoms with Crippen LogP contribution in [0.5, 0.6) is 0 Å². The van der Waals surface area contributed by atoms with E-state index in [-0.39, 0.29) is 17.7 Å². The number of benzene rings is 1. The zero-order valence-electron chi connectivity index (χ0n) is 15.0. The molecule has 2 atom stereocenters. The Morgan fingerprint density at radius 2 is 1.64 bits per heavy atom. The number of amides is 3.